The summed E-state index contributed by atoms with van der Waals surface area (Å²) in [6.07, 6.45) is 32.9. The molecule has 0 heterocycles. The van der Waals surface area contributed by atoms with Crippen LogP contribution in [0.3, 0.4) is 0 Å². The highest BCUT2D eigenvalue weighted by atomic mass is 31.2. The molecule has 0 aliphatic carbocycles. The number of rotatable bonds is 37. The highest BCUT2D eigenvalue weighted by molar-refractivity contribution is 7.45. The van der Waals surface area contributed by atoms with Crippen molar-refractivity contribution in [1.29, 1.82) is 0 Å². The predicted octanol–water partition coefficient (Wildman–Crippen LogP) is 9.90. The molecule has 308 valence electrons. The number of hydrogen-bond donors (Lipinski definition) is 0. The van der Waals surface area contributed by atoms with E-state index in [1.165, 1.54) is 32.1 Å². The zero-order chi connectivity index (χ0) is 39.5. The minimum Gasteiger partial charge on any atom is -0.756 e. The first-order valence-corrected chi connectivity index (χ1v) is 22.1. The number of ether oxygens (including phenoxy) is 2. The Balaban J connectivity index is 4.49. The van der Waals surface area contributed by atoms with Crippen LogP contribution in [0.15, 0.2) is 36.5 Å². The lowest BCUT2D eigenvalue weighted by Gasteiger charge is -2.28. The number of allylic oxidation sites excluding steroid dienone is 6. The van der Waals surface area contributed by atoms with Crippen molar-refractivity contribution in [3.63, 3.8) is 0 Å². The van der Waals surface area contributed by atoms with E-state index in [0.29, 0.717) is 30.3 Å². The van der Waals surface area contributed by atoms with Gasteiger partial charge in [0.2, 0.25) is 0 Å². The Bertz CT molecular complexity index is 1070. The van der Waals surface area contributed by atoms with Crippen LogP contribution in [0.1, 0.15) is 162 Å². The molecule has 0 saturated carbocycles. The number of phosphoric ester groups is 1. The maximum Gasteiger partial charge on any atom is 0.306 e. The van der Waals surface area contributed by atoms with Gasteiger partial charge in [-0.25, -0.2) is 0 Å². The van der Waals surface area contributed by atoms with E-state index in [9.17, 15) is 23.8 Å². The second kappa shape index (κ2) is 34.4. The van der Waals surface area contributed by atoms with Gasteiger partial charge in [0.05, 0.1) is 27.7 Å². The summed E-state index contributed by atoms with van der Waals surface area (Å²) in [5, 5.41) is 0. The molecule has 0 amide bonds. The smallest absolute Gasteiger partial charge is 0.306 e. The third-order valence-corrected chi connectivity index (χ3v) is 9.57. The van der Waals surface area contributed by atoms with Gasteiger partial charge >= 0.3 is 11.9 Å². The molecule has 53 heavy (non-hydrogen) atoms. The lowest BCUT2D eigenvalue weighted by Crippen LogP contribution is -2.37. The Hall–Kier alpha value is -2.10. The Morgan fingerprint density at radius 2 is 1.13 bits per heavy atom. The monoisotopic (exact) mass is 770 g/mol. The number of carbonyl (C=O) groups is 3. The second-order valence-electron chi connectivity index (χ2n) is 15.0. The summed E-state index contributed by atoms with van der Waals surface area (Å²) in [6.45, 7) is 3.97. The number of ketones is 1. The maximum absolute atomic E-state index is 12.6. The Labute approximate surface area is 323 Å². The molecule has 2 atom stereocenters. The lowest BCUT2D eigenvalue weighted by atomic mass is 10.1. The van der Waals surface area contributed by atoms with Gasteiger partial charge in [-0.2, -0.15) is 0 Å². The lowest BCUT2D eigenvalue weighted by molar-refractivity contribution is -0.870. The van der Waals surface area contributed by atoms with Crippen LogP contribution in [-0.2, 0) is 37.5 Å². The largest absolute Gasteiger partial charge is 0.756 e. The van der Waals surface area contributed by atoms with E-state index in [4.69, 9.17) is 18.5 Å². The van der Waals surface area contributed by atoms with Crippen molar-refractivity contribution in [3.8, 4) is 0 Å². The molecular weight excluding hydrogens is 693 g/mol. The zero-order valence-electron chi connectivity index (χ0n) is 34.2. The third kappa shape index (κ3) is 38.0. The summed E-state index contributed by atoms with van der Waals surface area (Å²) >= 11 is 0. The molecule has 0 fully saturated rings. The van der Waals surface area contributed by atoms with Crippen LogP contribution in [0.25, 0.3) is 0 Å². The number of nitrogens with zero attached hydrogens (tertiary/aromatic N) is 1. The summed E-state index contributed by atoms with van der Waals surface area (Å²) in [5.74, 6) is -0.736. The summed E-state index contributed by atoms with van der Waals surface area (Å²) in [7, 11) is 1.10. The molecule has 0 bridgehead atoms. The minimum absolute atomic E-state index is 0.0485. The number of esters is 2. The molecule has 0 N–H and O–H groups in total. The highest BCUT2D eigenvalue weighted by Crippen LogP contribution is 2.38. The van der Waals surface area contributed by atoms with Crippen LogP contribution in [-0.4, -0.2) is 75.8 Å². The van der Waals surface area contributed by atoms with Gasteiger partial charge in [-0.3, -0.25) is 18.9 Å². The molecule has 0 radical (unpaired) electrons. The fraction of sp³-hybridized carbons (Fsp3) is 0.786. The molecule has 10 nitrogen and oxygen atoms in total. The first kappa shape index (κ1) is 50.9. The van der Waals surface area contributed by atoms with Gasteiger partial charge in [-0.15, -0.1) is 0 Å². The number of carbonyl (C=O) groups excluding carboxylic acids is 3. The van der Waals surface area contributed by atoms with Crippen LogP contribution >= 0.6 is 7.82 Å². The SMILES string of the molecule is CCCCCC/C=C\CCCCCCCC(=O)OC[C@H](COP(=O)([O-])OCC[N+](C)(C)C)OC(=O)CCCCCCC/C=C\C=C\C(=O)CCCCC. The average Bonchev–Trinajstić information content (AvgIpc) is 3.09. The fourth-order valence-corrected chi connectivity index (χ4v) is 6.00. The zero-order valence-corrected chi connectivity index (χ0v) is 35.1. The summed E-state index contributed by atoms with van der Waals surface area (Å²) in [5.41, 5.74) is 0. The molecule has 0 aromatic rings. The van der Waals surface area contributed by atoms with Crippen LogP contribution in [0.2, 0.25) is 0 Å². The first-order valence-electron chi connectivity index (χ1n) is 20.6. The van der Waals surface area contributed by atoms with Gasteiger partial charge in [0.15, 0.2) is 11.9 Å². The predicted molar refractivity (Wildman–Crippen MR) is 213 cm³/mol. The topological polar surface area (TPSA) is 128 Å². The van der Waals surface area contributed by atoms with Crippen molar-refractivity contribution in [2.45, 2.75) is 168 Å². The second-order valence-corrected chi connectivity index (χ2v) is 16.4. The van der Waals surface area contributed by atoms with Crippen molar-refractivity contribution in [2.24, 2.45) is 0 Å². The molecule has 0 aliphatic rings. The molecular formula is C42H76NO9P. The summed E-state index contributed by atoms with van der Waals surface area (Å²) in [4.78, 5) is 49.2. The molecule has 1 unspecified atom stereocenters. The number of unbranched alkanes of at least 4 members (excludes halogenated alkanes) is 16. The number of likely N-dealkylation sites (N-methyl/N-ethyl adjacent to an activating group) is 1. The number of quaternary nitrogens is 1. The van der Waals surface area contributed by atoms with Crippen LogP contribution in [0, 0.1) is 0 Å². The first-order chi connectivity index (χ1) is 25.4. The Kier molecular flexibility index (Phi) is 33.0. The van der Waals surface area contributed by atoms with Gasteiger partial charge in [-0.05, 0) is 63.9 Å². The molecule has 0 aromatic carbocycles. The number of hydrogen-bond acceptors (Lipinski definition) is 9. The van der Waals surface area contributed by atoms with Crippen molar-refractivity contribution in [3.05, 3.63) is 36.5 Å². The highest BCUT2D eigenvalue weighted by Gasteiger charge is 2.21. The van der Waals surface area contributed by atoms with Gasteiger partial charge in [-0.1, -0.05) is 115 Å². The van der Waals surface area contributed by atoms with Gasteiger partial charge < -0.3 is 27.9 Å². The van der Waals surface area contributed by atoms with Crippen LogP contribution in [0.4, 0.5) is 0 Å². The molecule has 11 heteroatoms. The van der Waals surface area contributed by atoms with E-state index in [0.717, 1.165) is 83.5 Å². The van der Waals surface area contributed by atoms with E-state index in [1.54, 1.807) is 6.08 Å². The van der Waals surface area contributed by atoms with Crippen molar-refractivity contribution < 1.29 is 46.8 Å². The fourth-order valence-electron chi connectivity index (χ4n) is 5.28. The van der Waals surface area contributed by atoms with Gasteiger partial charge in [0.1, 0.15) is 19.8 Å². The Morgan fingerprint density at radius 1 is 0.623 bits per heavy atom. The van der Waals surface area contributed by atoms with E-state index < -0.39 is 32.5 Å². The van der Waals surface area contributed by atoms with Gasteiger partial charge in [0, 0.05) is 19.3 Å². The van der Waals surface area contributed by atoms with Crippen molar-refractivity contribution in [1.82, 2.24) is 0 Å². The standard InChI is InChI=1S/C42H76NO9P/c1-6-8-10-11-12-13-14-15-16-19-22-25-29-33-41(45)49-37-40(38-51-53(47,48)50-36-35-43(3,4)5)52-42(46)34-30-26-23-20-17-18-21-24-28-32-39(44)31-27-9-7-2/h13-14,21,24,28,32,40H,6-12,15-20,22-23,25-27,29-31,33-38H2,1-5H3/b14-13-,24-21-,32-28+/t40-/m1/s1. The van der Waals surface area contributed by atoms with Crippen LogP contribution < -0.4 is 4.89 Å². The minimum atomic E-state index is -4.64. The van der Waals surface area contributed by atoms with Crippen LogP contribution in [0.5, 0.6) is 0 Å². The third-order valence-electron chi connectivity index (χ3n) is 8.61. The molecule has 0 spiro atoms. The summed E-state index contributed by atoms with van der Waals surface area (Å²) in [6, 6.07) is 0. The van der Waals surface area contributed by atoms with E-state index in [2.05, 4.69) is 32.1 Å². The Morgan fingerprint density at radius 3 is 1.74 bits per heavy atom. The maximum atomic E-state index is 12.6. The van der Waals surface area contributed by atoms with E-state index in [1.807, 2.05) is 33.3 Å². The normalized spacial score (nSPS) is 13.9. The molecule has 0 saturated heterocycles. The molecule has 0 aliphatic heterocycles. The van der Waals surface area contributed by atoms with Gasteiger partial charge in [0.25, 0.3) is 7.82 Å². The van der Waals surface area contributed by atoms with E-state index >= 15 is 0 Å². The average molecular weight is 770 g/mol. The van der Waals surface area contributed by atoms with E-state index in [-0.39, 0.29) is 31.8 Å². The number of phosphoric acid groups is 1. The molecule has 0 aromatic heterocycles. The van der Waals surface area contributed by atoms with Crippen molar-refractivity contribution >= 4 is 25.5 Å². The quantitative estimate of drug-likeness (QED) is 0.0115. The summed E-state index contributed by atoms with van der Waals surface area (Å²) < 4.78 is 33.7. The van der Waals surface area contributed by atoms with Crippen molar-refractivity contribution in [2.75, 3.05) is 47.5 Å². The molecule has 0 rings (SSSR count).